The van der Waals surface area contributed by atoms with E-state index < -0.39 is 35.5 Å². The average molecular weight is 699 g/mol. The Hall–Kier alpha value is -3.65. The zero-order chi connectivity index (χ0) is 36.3. The third-order valence-electron chi connectivity index (χ3n) is 9.18. The minimum absolute atomic E-state index is 0.0482. The van der Waals surface area contributed by atoms with Gasteiger partial charge in [-0.3, -0.25) is 19.2 Å². The lowest BCUT2D eigenvalue weighted by molar-refractivity contribution is -0.136. The number of nitrogens with two attached hydrogens (primary N) is 1. The fraction of sp³-hybridized carbons (Fsp3) is 0.649. The minimum atomic E-state index is -1.37. The van der Waals surface area contributed by atoms with Crippen LogP contribution in [-0.2, 0) is 35.0 Å². The molecule has 0 bridgehead atoms. The van der Waals surface area contributed by atoms with Crippen LogP contribution >= 0.6 is 0 Å². The molecule has 2 aromatic rings. The fourth-order valence-corrected chi connectivity index (χ4v) is 6.30. The van der Waals surface area contributed by atoms with Gasteiger partial charge in [0.2, 0.25) is 17.7 Å². The Labute approximate surface area is 296 Å². The molecule has 13 nitrogen and oxygen atoms in total. The Kier molecular flexibility index (Phi) is 18.1. The molecular formula is C37H58N6O7. The molecule has 1 aliphatic carbocycles. The number of carbonyl (C=O) groups is 4. The Morgan fingerprint density at radius 1 is 1.00 bits per heavy atom. The molecular weight excluding hydrogens is 640 g/mol. The van der Waals surface area contributed by atoms with Gasteiger partial charge in [-0.25, -0.2) is 4.98 Å². The van der Waals surface area contributed by atoms with E-state index in [1.807, 2.05) is 0 Å². The molecule has 5 N–H and O–H groups in total. The number of benzene rings is 1. The van der Waals surface area contributed by atoms with Gasteiger partial charge in [-0.05, 0) is 24.7 Å². The molecule has 0 radical (unpaired) electrons. The second-order valence-electron chi connectivity index (χ2n) is 13.7. The van der Waals surface area contributed by atoms with Crippen molar-refractivity contribution in [3.05, 3.63) is 54.1 Å². The molecule has 1 saturated carbocycles. The highest BCUT2D eigenvalue weighted by molar-refractivity contribution is 6.12. The standard InChI is InChI=1S/C37H58N6O7/c1-26(2)19-31(38)32(20-27-11-7-5-8-12-27)41-37(47)33(21-29-23-39-24-40-29)42-36(46)30(35(45)28-13-9-6-10-14-28)22-34(44)43(3)15-16-49-25-50-18-17-48-4/h6,9-10,13-14,23-24,26-27,30-33H,5,7-8,11-12,15-22,25,38H2,1-4H3,(H,39,40)(H,41,47)(H,42,46). The first-order valence-electron chi connectivity index (χ1n) is 17.9. The smallest absolute Gasteiger partial charge is 0.243 e. The Balaban J connectivity index is 1.77. The van der Waals surface area contributed by atoms with Crippen LogP contribution in [0.4, 0.5) is 0 Å². The summed E-state index contributed by atoms with van der Waals surface area (Å²) in [7, 11) is 3.16. The monoisotopic (exact) mass is 698 g/mol. The SMILES string of the molecule is COCCOCOCCN(C)C(=O)CC(C(=O)NC(Cc1cnc[nH]1)C(=O)NC(CC1CCCCC1)C(N)CC(C)C)C(=O)c1ccccc1. The number of ketones is 1. The van der Waals surface area contributed by atoms with Crippen LogP contribution in [0, 0.1) is 17.8 Å². The van der Waals surface area contributed by atoms with E-state index in [2.05, 4.69) is 34.4 Å². The van der Waals surface area contributed by atoms with Crippen molar-refractivity contribution < 1.29 is 33.4 Å². The number of imidazole rings is 1. The van der Waals surface area contributed by atoms with E-state index in [1.165, 1.54) is 30.5 Å². The van der Waals surface area contributed by atoms with Crippen LogP contribution in [0.1, 0.15) is 81.3 Å². The molecule has 1 fully saturated rings. The van der Waals surface area contributed by atoms with Crippen molar-refractivity contribution in [2.75, 3.05) is 47.3 Å². The lowest BCUT2D eigenvalue weighted by Crippen LogP contribution is -2.56. The van der Waals surface area contributed by atoms with Crippen molar-refractivity contribution in [3.8, 4) is 0 Å². The van der Waals surface area contributed by atoms with Crippen LogP contribution in [0.5, 0.6) is 0 Å². The molecule has 13 heteroatoms. The van der Waals surface area contributed by atoms with Gasteiger partial charge in [0.1, 0.15) is 18.8 Å². The molecule has 4 atom stereocenters. The number of carbonyl (C=O) groups excluding carboxylic acids is 4. The van der Waals surface area contributed by atoms with E-state index in [-0.39, 0.29) is 44.9 Å². The van der Waals surface area contributed by atoms with Gasteiger partial charge in [-0.1, -0.05) is 76.3 Å². The van der Waals surface area contributed by atoms with Gasteiger partial charge in [0, 0.05) is 63.1 Å². The fourth-order valence-electron chi connectivity index (χ4n) is 6.30. The van der Waals surface area contributed by atoms with E-state index in [1.54, 1.807) is 50.7 Å². The number of hydrogen-bond donors (Lipinski definition) is 4. The Morgan fingerprint density at radius 3 is 2.38 bits per heavy atom. The van der Waals surface area contributed by atoms with Crippen molar-refractivity contribution in [2.24, 2.45) is 23.5 Å². The molecule has 278 valence electrons. The molecule has 3 rings (SSSR count). The molecule has 3 amide bonds. The summed E-state index contributed by atoms with van der Waals surface area (Å²) in [6.45, 7) is 5.51. The van der Waals surface area contributed by atoms with E-state index in [4.69, 9.17) is 19.9 Å². The van der Waals surface area contributed by atoms with E-state index in [0.717, 1.165) is 25.7 Å². The summed E-state index contributed by atoms with van der Waals surface area (Å²) < 4.78 is 15.7. The van der Waals surface area contributed by atoms with Crippen LogP contribution in [0.25, 0.3) is 0 Å². The van der Waals surface area contributed by atoms with Crippen LogP contribution in [0.2, 0.25) is 0 Å². The number of nitrogens with zero attached hydrogens (tertiary/aromatic N) is 2. The Bertz CT molecular complexity index is 1290. The molecule has 0 saturated heterocycles. The zero-order valence-electron chi connectivity index (χ0n) is 30.2. The molecule has 0 spiro atoms. The van der Waals surface area contributed by atoms with Crippen molar-refractivity contribution in [2.45, 2.75) is 89.8 Å². The van der Waals surface area contributed by atoms with Crippen LogP contribution < -0.4 is 16.4 Å². The summed E-state index contributed by atoms with van der Waals surface area (Å²) in [4.78, 5) is 63.7. The first-order valence-corrected chi connectivity index (χ1v) is 17.9. The number of nitrogens with one attached hydrogen (secondary N) is 3. The third-order valence-corrected chi connectivity index (χ3v) is 9.18. The average Bonchev–Trinajstić information content (AvgIpc) is 3.62. The summed E-state index contributed by atoms with van der Waals surface area (Å²) in [5, 5.41) is 6.02. The van der Waals surface area contributed by atoms with Gasteiger partial charge in [-0.15, -0.1) is 0 Å². The molecule has 1 aliphatic rings. The lowest BCUT2D eigenvalue weighted by Gasteiger charge is -2.33. The normalized spacial score (nSPS) is 16.0. The first-order chi connectivity index (χ1) is 24.1. The maximum Gasteiger partial charge on any atom is 0.243 e. The van der Waals surface area contributed by atoms with Crippen LogP contribution in [-0.4, -0.2) is 104 Å². The maximum atomic E-state index is 14.1. The summed E-state index contributed by atoms with van der Waals surface area (Å²) in [5.74, 6) is -2.59. The molecule has 1 aromatic heterocycles. The number of rotatable bonds is 23. The van der Waals surface area contributed by atoms with Crippen molar-refractivity contribution in [1.82, 2.24) is 25.5 Å². The van der Waals surface area contributed by atoms with Gasteiger partial charge in [0.05, 0.1) is 26.1 Å². The molecule has 0 aliphatic heterocycles. The van der Waals surface area contributed by atoms with Crippen molar-refractivity contribution >= 4 is 23.5 Å². The molecule has 1 aromatic carbocycles. The summed E-state index contributed by atoms with van der Waals surface area (Å²) in [6.07, 6.45) is 10.1. The summed E-state index contributed by atoms with van der Waals surface area (Å²) in [5.41, 5.74) is 7.63. The topological polar surface area (TPSA) is 178 Å². The zero-order valence-corrected chi connectivity index (χ0v) is 30.2. The van der Waals surface area contributed by atoms with Crippen LogP contribution in [0.3, 0.4) is 0 Å². The number of methoxy groups -OCH3 is 1. The van der Waals surface area contributed by atoms with Gasteiger partial charge < -0.3 is 40.5 Å². The highest BCUT2D eigenvalue weighted by atomic mass is 16.7. The highest BCUT2D eigenvalue weighted by Gasteiger charge is 2.35. The molecule has 1 heterocycles. The van der Waals surface area contributed by atoms with Crippen molar-refractivity contribution in [3.63, 3.8) is 0 Å². The molecule has 50 heavy (non-hydrogen) atoms. The second kappa shape index (κ2) is 22.2. The Morgan fingerprint density at radius 2 is 1.72 bits per heavy atom. The number of Topliss-reactive ketones (excluding diaryl/α,β-unsaturated/α-hetero) is 1. The van der Waals surface area contributed by atoms with Crippen molar-refractivity contribution in [1.29, 1.82) is 0 Å². The number of H-pyrrole nitrogens is 1. The van der Waals surface area contributed by atoms with E-state index in [9.17, 15) is 19.2 Å². The quantitative estimate of drug-likeness (QED) is 0.0587. The molecule has 4 unspecified atom stereocenters. The number of likely N-dealkylation sites (N-methyl/N-ethyl adjacent to an activating group) is 1. The van der Waals surface area contributed by atoms with Gasteiger partial charge in [0.15, 0.2) is 5.78 Å². The van der Waals surface area contributed by atoms with Gasteiger partial charge in [0.25, 0.3) is 0 Å². The van der Waals surface area contributed by atoms with Gasteiger partial charge >= 0.3 is 0 Å². The number of aromatic amines is 1. The largest absolute Gasteiger partial charge is 0.382 e. The predicted molar refractivity (Wildman–Crippen MR) is 190 cm³/mol. The van der Waals surface area contributed by atoms with Gasteiger partial charge in [-0.2, -0.15) is 0 Å². The number of aromatic nitrogens is 2. The number of amides is 3. The minimum Gasteiger partial charge on any atom is -0.382 e. The predicted octanol–water partition coefficient (Wildman–Crippen LogP) is 3.25. The lowest BCUT2D eigenvalue weighted by atomic mass is 9.82. The second-order valence-corrected chi connectivity index (χ2v) is 13.7. The number of ether oxygens (including phenoxy) is 3. The van der Waals surface area contributed by atoms with E-state index >= 15 is 0 Å². The summed E-state index contributed by atoms with van der Waals surface area (Å²) >= 11 is 0. The summed E-state index contributed by atoms with van der Waals surface area (Å²) in [6, 6.07) is 6.79. The third kappa shape index (κ3) is 14.3. The first kappa shape index (κ1) is 40.8. The maximum absolute atomic E-state index is 14.1. The highest BCUT2D eigenvalue weighted by Crippen LogP contribution is 2.28. The van der Waals surface area contributed by atoms with Crippen LogP contribution in [0.15, 0.2) is 42.9 Å². The number of hydrogen-bond acceptors (Lipinski definition) is 9. The van der Waals surface area contributed by atoms with E-state index in [0.29, 0.717) is 36.3 Å².